The first-order chi connectivity index (χ1) is 13.0. The second kappa shape index (κ2) is 8.86. The van der Waals surface area contributed by atoms with Crippen LogP contribution in [0.2, 0.25) is 10.0 Å². The zero-order valence-corrected chi connectivity index (χ0v) is 16.2. The fourth-order valence-corrected chi connectivity index (χ4v) is 2.94. The Morgan fingerprint density at radius 3 is 2.19 bits per heavy atom. The minimum Gasteiger partial charge on any atom is -0.452 e. The van der Waals surface area contributed by atoms with Crippen LogP contribution in [0.15, 0.2) is 72.8 Å². The first kappa shape index (κ1) is 19.2. The number of rotatable bonds is 4. The molecule has 0 aromatic heterocycles. The van der Waals surface area contributed by atoms with Gasteiger partial charge < -0.3 is 10.1 Å². The number of benzene rings is 3. The molecule has 0 aliphatic carbocycles. The molecule has 136 valence electrons. The van der Waals surface area contributed by atoms with Crippen LogP contribution in [0.1, 0.15) is 10.4 Å². The second-order valence-corrected chi connectivity index (χ2v) is 6.65. The Morgan fingerprint density at radius 1 is 0.852 bits per heavy atom. The molecule has 0 spiro atoms. The molecule has 7 heteroatoms. The van der Waals surface area contributed by atoms with Gasteiger partial charge in [0.15, 0.2) is 16.6 Å². The van der Waals surface area contributed by atoms with Crippen LogP contribution in [-0.4, -0.2) is 11.0 Å². The predicted octanol–water partition coefficient (Wildman–Crippen LogP) is 5.91. The molecule has 27 heavy (non-hydrogen) atoms. The van der Waals surface area contributed by atoms with Crippen LogP contribution in [-0.2, 0) is 0 Å². The number of carbonyl (C=O) groups is 1. The molecule has 2 N–H and O–H groups in total. The van der Waals surface area contributed by atoms with Crippen molar-refractivity contribution in [3.05, 3.63) is 88.4 Å². The molecule has 3 aromatic carbocycles. The predicted molar refractivity (Wildman–Crippen MR) is 113 cm³/mol. The SMILES string of the molecule is O=C(NC(=S)Nc1ccccc1Oc1c(Cl)cccc1Cl)c1ccccc1. The van der Waals surface area contributed by atoms with Gasteiger partial charge in [-0.1, -0.05) is 59.6 Å². The van der Waals surface area contributed by atoms with E-state index in [-0.39, 0.29) is 11.0 Å². The molecular formula is C20H14Cl2N2O2S. The molecule has 1 amide bonds. The number of halogens is 2. The summed E-state index contributed by atoms with van der Waals surface area (Å²) >= 11 is 17.6. The fraction of sp³-hybridized carbons (Fsp3) is 0. The van der Waals surface area contributed by atoms with Gasteiger partial charge >= 0.3 is 0 Å². The van der Waals surface area contributed by atoms with Crippen LogP contribution in [0, 0.1) is 0 Å². The highest BCUT2D eigenvalue weighted by molar-refractivity contribution is 7.80. The van der Waals surface area contributed by atoms with Crippen LogP contribution >= 0.6 is 35.4 Å². The Kier molecular flexibility index (Phi) is 6.29. The molecule has 3 aromatic rings. The number of para-hydroxylation sites is 3. The summed E-state index contributed by atoms with van der Waals surface area (Å²) in [6, 6.07) is 21.0. The monoisotopic (exact) mass is 416 g/mol. The van der Waals surface area contributed by atoms with Crippen LogP contribution < -0.4 is 15.4 Å². The van der Waals surface area contributed by atoms with Gasteiger partial charge in [0.25, 0.3) is 5.91 Å². The third-order valence-electron chi connectivity index (χ3n) is 3.53. The van der Waals surface area contributed by atoms with E-state index >= 15 is 0 Å². The second-order valence-electron chi connectivity index (χ2n) is 5.42. The number of hydrogen-bond acceptors (Lipinski definition) is 3. The van der Waals surface area contributed by atoms with Crippen molar-refractivity contribution >= 4 is 52.1 Å². The van der Waals surface area contributed by atoms with Crippen LogP contribution in [0.4, 0.5) is 5.69 Å². The maximum absolute atomic E-state index is 12.2. The summed E-state index contributed by atoms with van der Waals surface area (Å²) < 4.78 is 5.86. The van der Waals surface area contributed by atoms with Gasteiger partial charge in [-0.05, 0) is 48.6 Å². The smallest absolute Gasteiger partial charge is 0.257 e. The lowest BCUT2D eigenvalue weighted by molar-refractivity contribution is 0.0977. The third-order valence-corrected chi connectivity index (χ3v) is 4.33. The molecular weight excluding hydrogens is 403 g/mol. The van der Waals surface area contributed by atoms with Crippen molar-refractivity contribution in [2.45, 2.75) is 0 Å². The summed E-state index contributed by atoms with van der Waals surface area (Å²) in [6.45, 7) is 0. The van der Waals surface area contributed by atoms with Gasteiger partial charge in [0.1, 0.15) is 0 Å². The van der Waals surface area contributed by atoms with Crippen molar-refractivity contribution in [3.8, 4) is 11.5 Å². The third kappa shape index (κ3) is 4.98. The lowest BCUT2D eigenvalue weighted by Crippen LogP contribution is -2.34. The van der Waals surface area contributed by atoms with Gasteiger partial charge in [0.05, 0.1) is 15.7 Å². The van der Waals surface area contributed by atoms with E-state index in [9.17, 15) is 4.79 Å². The summed E-state index contributed by atoms with van der Waals surface area (Å²) in [4.78, 5) is 12.2. The van der Waals surface area contributed by atoms with Crippen molar-refractivity contribution in [1.82, 2.24) is 5.32 Å². The average Bonchev–Trinajstić information content (AvgIpc) is 2.66. The molecule has 0 aliphatic rings. The van der Waals surface area contributed by atoms with Crippen LogP contribution in [0.25, 0.3) is 0 Å². The molecule has 3 rings (SSSR count). The fourth-order valence-electron chi connectivity index (χ4n) is 2.27. The number of anilines is 1. The first-order valence-electron chi connectivity index (χ1n) is 7.93. The summed E-state index contributed by atoms with van der Waals surface area (Å²) in [5.41, 5.74) is 1.07. The highest BCUT2D eigenvalue weighted by Crippen LogP contribution is 2.38. The van der Waals surface area contributed by atoms with E-state index in [0.717, 1.165) is 0 Å². The molecule has 0 aliphatic heterocycles. The van der Waals surface area contributed by atoms with E-state index in [1.165, 1.54) is 0 Å². The highest BCUT2D eigenvalue weighted by atomic mass is 35.5. The zero-order chi connectivity index (χ0) is 19.2. The molecule has 0 bridgehead atoms. The summed E-state index contributed by atoms with van der Waals surface area (Å²) in [5.74, 6) is 0.499. The maximum atomic E-state index is 12.2. The summed E-state index contributed by atoms with van der Waals surface area (Å²) in [6.07, 6.45) is 0. The van der Waals surface area contributed by atoms with Gasteiger partial charge in [0.2, 0.25) is 0 Å². The minimum absolute atomic E-state index is 0.144. The number of thiocarbonyl (C=S) groups is 1. The lowest BCUT2D eigenvalue weighted by Gasteiger charge is -2.15. The Labute approximate surface area is 172 Å². The topological polar surface area (TPSA) is 50.4 Å². The van der Waals surface area contributed by atoms with Gasteiger partial charge in [-0.3, -0.25) is 10.1 Å². The van der Waals surface area contributed by atoms with Gasteiger partial charge in [-0.2, -0.15) is 0 Å². The van der Waals surface area contributed by atoms with Gasteiger partial charge in [-0.25, -0.2) is 0 Å². The standard InChI is InChI=1S/C20H14Cl2N2O2S/c21-14-9-6-10-15(22)18(14)26-17-12-5-4-11-16(17)23-20(27)24-19(25)13-7-2-1-3-8-13/h1-12H,(H2,23,24,25,27). The van der Waals surface area contributed by atoms with Crippen LogP contribution in [0.5, 0.6) is 11.5 Å². The van der Waals surface area contributed by atoms with Crippen molar-refractivity contribution in [2.75, 3.05) is 5.32 Å². The number of amides is 1. The van der Waals surface area contributed by atoms with E-state index in [0.29, 0.717) is 32.8 Å². The molecule has 4 nitrogen and oxygen atoms in total. The molecule has 0 saturated heterocycles. The number of hydrogen-bond donors (Lipinski definition) is 2. The van der Waals surface area contributed by atoms with Gasteiger partial charge in [-0.15, -0.1) is 0 Å². The highest BCUT2D eigenvalue weighted by Gasteiger charge is 2.13. The first-order valence-corrected chi connectivity index (χ1v) is 9.09. The van der Waals surface area contributed by atoms with Crippen molar-refractivity contribution in [2.24, 2.45) is 0 Å². The molecule has 0 atom stereocenters. The molecule has 0 radical (unpaired) electrons. The van der Waals surface area contributed by atoms with E-state index in [1.807, 2.05) is 12.1 Å². The van der Waals surface area contributed by atoms with E-state index in [2.05, 4.69) is 10.6 Å². The van der Waals surface area contributed by atoms with Crippen molar-refractivity contribution in [1.29, 1.82) is 0 Å². The minimum atomic E-state index is -0.305. The Balaban J connectivity index is 1.74. The molecule has 0 heterocycles. The number of carbonyl (C=O) groups excluding carboxylic acids is 1. The Hall–Kier alpha value is -2.60. The zero-order valence-electron chi connectivity index (χ0n) is 13.9. The Bertz CT molecular complexity index is 960. The quantitative estimate of drug-likeness (QED) is 0.518. The average molecular weight is 417 g/mol. The number of ether oxygens (including phenoxy) is 1. The Morgan fingerprint density at radius 2 is 1.48 bits per heavy atom. The maximum Gasteiger partial charge on any atom is 0.257 e. The summed E-state index contributed by atoms with van der Waals surface area (Å²) in [7, 11) is 0. The number of nitrogens with one attached hydrogen (secondary N) is 2. The molecule has 0 fully saturated rings. The van der Waals surface area contributed by atoms with E-state index in [4.69, 9.17) is 40.2 Å². The molecule has 0 unspecified atom stereocenters. The lowest BCUT2D eigenvalue weighted by atomic mass is 10.2. The van der Waals surface area contributed by atoms with Crippen molar-refractivity contribution < 1.29 is 9.53 Å². The van der Waals surface area contributed by atoms with E-state index in [1.54, 1.807) is 60.7 Å². The van der Waals surface area contributed by atoms with Crippen molar-refractivity contribution in [3.63, 3.8) is 0 Å². The largest absolute Gasteiger partial charge is 0.452 e. The van der Waals surface area contributed by atoms with E-state index < -0.39 is 0 Å². The normalized spacial score (nSPS) is 10.1. The summed E-state index contributed by atoms with van der Waals surface area (Å²) in [5, 5.41) is 6.51. The van der Waals surface area contributed by atoms with Crippen LogP contribution in [0.3, 0.4) is 0 Å². The van der Waals surface area contributed by atoms with Gasteiger partial charge in [0, 0.05) is 5.56 Å². The molecule has 0 saturated carbocycles.